The topological polar surface area (TPSA) is 46.5 Å². The lowest BCUT2D eigenvalue weighted by Gasteiger charge is -2.12. The van der Waals surface area contributed by atoms with Gasteiger partial charge >= 0.3 is 5.97 Å². The fourth-order valence-electron chi connectivity index (χ4n) is 4.78. The van der Waals surface area contributed by atoms with E-state index < -0.39 is 5.97 Å². The Bertz CT molecular complexity index is 383. The highest BCUT2D eigenvalue weighted by molar-refractivity contribution is 5.69. The molecule has 3 heteroatoms. The van der Waals surface area contributed by atoms with Gasteiger partial charge in [-0.2, -0.15) is 0 Å². The predicted octanol–water partition coefficient (Wildman–Crippen LogP) is 10.1. The van der Waals surface area contributed by atoms with E-state index in [1.54, 1.807) is 0 Å². The summed E-state index contributed by atoms with van der Waals surface area (Å²) in [6.07, 6.45) is 30.6. The van der Waals surface area contributed by atoms with Crippen LogP contribution >= 0.6 is 0 Å². The molecule has 0 bridgehead atoms. The van der Waals surface area contributed by atoms with Gasteiger partial charge in [0.25, 0.3) is 0 Å². The molecule has 1 unspecified atom stereocenters. The van der Waals surface area contributed by atoms with E-state index in [4.69, 9.17) is 4.74 Å². The minimum Gasteiger partial charge on any atom is -0.481 e. The molecule has 0 rings (SSSR count). The van der Waals surface area contributed by atoms with Crippen LogP contribution in [0.15, 0.2) is 0 Å². The molecule has 0 aliphatic carbocycles. The number of carboxylic acid groups (broad SMARTS) is 1. The summed E-state index contributed by atoms with van der Waals surface area (Å²) < 4.78 is 5.37. The lowest BCUT2D eigenvalue weighted by atomic mass is 9.94. The number of carboxylic acids is 1. The normalized spacial score (nSPS) is 12.3. The zero-order valence-electron chi connectivity index (χ0n) is 22.7. The van der Waals surface area contributed by atoms with Crippen molar-refractivity contribution in [3.63, 3.8) is 0 Å². The maximum atomic E-state index is 11.6. The summed E-state index contributed by atoms with van der Waals surface area (Å²) in [6, 6.07) is 0. The van der Waals surface area contributed by atoms with Crippen molar-refractivity contribution in [1.82, 2.24) is 0 Å². The van der Waals surface area contributed by atoms with Crippen molar-refractivity contribution in [2.45, 2.75) is 168 Å². The lowest BCUT2D eigenvalue weighted by Crippen LogP contribution is -2.13. The largest absolute Gasteiger partial charge is 0.481 e. The Morgan fingerprint density at radius 1 is 0.545 bits per heavy atom. The van der Waals surface area contributed by atoms with Crippen molar-refractivity contribution in [3.8, 4) is 0 Å². The van der Waals surface area contributed by atoms with E-state index in [0.717, 1.165) is 38.9 Å². The number of unbranched alkanes of at least 4 members (excludes halogenated alkanes) is 20. The van der Waals surface area contributed by atoms with Gasteiger partial charge in [0.15, 0.2) is 0 Å². The third kappa shape index (κ3) is 25.9. The molecule has 0 aromatic carbocycles. The van der Waals surface area contributed by atoms with Gasteiger partial charge in [-0.25, -0.2) is 0 Å². The van der Waals surface area contributed by atoms with Crippen molar-refractivity contribution in [1.29, 1.82) is 0 Å². The SMILES string of the molecule is CCCCCCCCCCCCCCC(CCCCCCCCCCCCOCC)C(=O)O. The second-order valence-corrected chi connectivity index (χ2v) is 10.2. The summed E-state index contributed by atoms with van der Waals surface area (Å²) in [5.74, 6) is -0.674. The van der Waals surface area contributed by atoms with Crippen molar-refractivity contribution in [2.24, 2.45) is 5.92 Å². The van der Waals surface area contributed by atoms with E-state index in [-0.39, 0.29) is 5.92 Å². The predicted molar refractivity (Wildman–Crippen MR) is 144 cm³/mol. The molecule has 0 fully saturated rings. The van der Waals surface area contributed by atoms with Gasteiger partial charge in [-0.3, -0.25) is 4.79 Å². The molecule has 1 N–H and O–H groups in total. The summed E-state index contributed by atoms with van der Waals surface area (Å²) in [5, 5.41) is 9.53. The summed E-state index contributed by atoms with van der Waals surface area (Å²) >= 11 is 0. The standard InChI is InChI=1S/C30H60O3/c1-3-5-6-7-8-9-10-11-14-17-20-23-26-29(30(31)32)27-24-21-18-15-12-13-16-19-22-25-28-33-4-2/h29H,3-28H2,1-2H3,(H,31,32). The first-order valence-corrected chi connectivity index (χ1v) is 15.0. The zero-order chi connectivity index (χ0) is 24.2. The molecular weight excluding hydrogens is 408 g/mol. The molecule has 0 radical (unpaired) electrons. The molecule has 33 heavy (non-hydrogen) atoms. The Kier molecular flexibility index (Phi) is 27.2. The van der Waals surface area contributed by atoms with Gasteiger partial charge in [-0.15, -0.1) is 0 Å². The molecule has 0 heterocycles. The summed E-state index contributed by atoms with van der Waals surface area (Å²) in [5.41, 5.74) is 0. The van der Waals surface area contributed by atoms with Gasteiger partial charge in [0.1, 0.15) is 0 Å². The van der Waals surface area contributed by atoms with E-state index >= 15 is 0 Å². The third-order valence-corrected chi connectivity index (χ3v) is 7.05. The minimum atomic E-state index is -0.567. The maximum Gasteiger partial charge on any atom is 0.306 e. The molecule has 0 spiro atoms. The van der Waals surface area contributed by atoms with E-state index in [1.807, 2.05) is 0 Å². The minimum absolute atomic E-state index is 0.107. The Morgan fingerprint density at radius 2 is 0.879 bits per heavy atom. The molecule has 0 saturated carbocycles. The fraction of sp³-hybridized carbons (Fsp3) is 0.967. The van der Waals surface area contributed by atoms with Crippen LogP contribution < -0.4 is 0 Å². The molecule has 3 nitrogen and oxygen atoms in total. The van der Waals surface area contributed by atoms with Crippen LogP contribution in [0.25, 0.3) is 0 Å². The second-order valence-electron chi connectivity index (χ2n) is 10.2. The lowest BCUT2D eigenvalue weighted by molar-refractivity contribution is -0.142. The highest BCUT2D eigenvalue weighted by Crippen LogP contribution is 2.20. The molecule has 0 amide bonds. The molecule has 1 atom stereocenters. The number of aliphatic carboxylic acids is 1. The van der Waals surface area contributed by atoms with E-state index in [2.05, 4.69) is 13.8 Å². The van der Waals surface area contributed by atoms with Crippen molar-refractivity contribution in [3.05, 3.63) is 0 Å². The van der Waals surface area contributed by atoms with Crippen molar-refractivity contribution < 1.29 is 14.6 Å². The Labute approximate surface area is 207 Å². The first kappa shape index (κ1) is 32.4. The van der Waals surface area contributed by atoms with Crippen LogP contribution in [0.3, 0.4) is 0 Å². The van der Waals surface area contributed by atoms with E-state index in [9.17, 15) is 9.90 Å². The number of hydrogen-bond donors (Lipinski definition) is 1. The van der Waals surface area contributed by atoms with Gasteiger partial charge < -0.3 is 9.84 Å². The average Bonchev–Trinajstić information content (AvgIpc) is 2.81. The van der Waals surface area contributed by atoms with Crippen molar-refractivity contribution in [2.75, 3.05) is 13.2 Å². The summed E-state index contributed by atoms with van der Waals surface area (Å²) in [7, 11) is 0. The van der Waals surface area contributed by atoms with Gasteiger partial charge in [-0.1, -0.05) is 142 Å². The van der Waals surface area contributed by atoms with Gasteiger partial charge in [0, 0.05) is 13.2 Å². The van der Waals surface area contributed by atoms with Crippen LogP contribution in [0.2, 0.25) is 0 Å². The molecule has 0 aliphatic heterocycles. The van der Waals surface area contributed by atoms with Gasteiger partial charge in [0.2, 0.25) is 0 Å². The third-order valence-electron chi connectivity index (χ3n) is 7.05. The van der Waals surface area contributed by atoms with Crippen LogP contribution in [0.1, 0.15) is 168 Å². The number of hydrogen-bond acceptors (Lipinski definition) is 2. The highest BCUT2D eigenvalue weighted by atomic mass is 16.5. The molecule has 0 aliphatic rings. The van der Waals surface area contributed by atoms with Gasteiger partial charge in [0.05, 0.1) is 5.92 Å². The first-order valence-electron chi connectivity index (χ1n) is 15.0. The van der Waals surface area contributed by atoms with Crippen LogP contribution in [0.4, 0.5) is 0 Å². The quantitative estimate of drug-likeness (QED) is 0.116. The molecule has 0 saturated heterocycles. The van der Waals surface area contributed by atoms with Crippen LogP contribution in [0, 0.1) is 5.92 Å². The number of rotatable bonds is 28. The molecule has 0 aromatic rings. The summed E-state index contributed by atoms with van der Waals surface area (Å²) in [6.45, 7) is 6.09. The van der Waals surface area contributed by atoms with Crippen LogP contribution in [-0.2, 0) is 9.53 Å². The Hall–Kier alpha value is -0.570. The fourth-order valence-corrected chi connectivity index (χ4v) is 4.78. The first-order chi connectivity index (χ1) is 16.2. The van der Waals surface area contributed by atoms with Crippen LogP contribution in [-0.4, -0.2) is 24.3 Å². The highest BCUT2D eigenvalue weighted by Gasteiger charge is 2.16. The zero-order valence-corrected chi connectivity index (χ0v) is 22.7. The smallest absolute Gasteiger partial charge is 0.306 e. The number of carbonyl (C=O) groups is 1. The maximum absolute atomic E-state index is 11.6. The summed E-state index contributed by atoms with van der Waals surface area (Å²) in [4.78, 5) is 11.6. The van der Waals surface area contributed by atoms with E-state index in [0.29, 0.717) is 0 Å². The molecular formula is C30H60O3. The molecule has 0 aromatic heterocycles. The second kappa shape index (κ2) is 27.7. The van der Waals surface area contributed by atoms with Crippen LogP contribution in [0.5, 0.6) is 0 Å². The molecule has 198 valence electrons. The average molecular weight is 469 g/mol. The van der Waals surface area contributed by atoms with Crippen molar-refractivity contribution >= 4 is 5.97 Å². The van der Waals surface area contributed by atoms with E-state index in [1.165, 1.54) is 128 Å². The Morgan fingerprint density at radius 3 is 1.21 bits per heavy atom. The van der Waals surface area contributed by atoms with Gasteiger partial charge in [-0.05, 0) is 26.2 Å². The monoisotopic (exact) mass is 468 g/mol. The number of ether oxygens (including phenoxy) is 1. The Balaban J connectivity index is 3.41.